The predicted molar refractivity (Wildman–Crippen MR) is 83.3 cm³/mol. The molecule has 0 aromatic rings. The van der Waals surface area contributed by atoms with E-state index < -0.39 is 0 Å². The number of nitrogens with zero attached hydrogens (tertiary/aromatic N) is 1. The molecule has 2 aliphatic rings. The molecule has 1 saturated carbocycles. The van der Waals surface area contributed by atoms with Crippen molar-refractivity contribution in [2.75, 3.05) is 19.6 Å². The fourth-order valence-corrected chi connectivity index (χ4v) is 3.89. The van der Waals surface area contributed by atoms with Gasteiger partial charge in [0.25, 0.3) is 0 Å². The lowest BCUT2D eigenvalue weighted by molar-refractivity contribution is 0.202. The Labute approximate surface area is 120 Å². The van der Waals surface area contributed by atoms with E-state index >= 15 is 0 Å². The smallest absolute Gasteiger partial charge is 0.00953 e. The van der Waals surface area contributed by atoms with Crippen LogP contribution in [0.3, 0.4) is 0 Å². The monoisotopic (exact) mass is 266 g/mol. The Morgan fingerprint density at radius 2 is 1.26 bits per heavy atom. The highest BCUT2D eigenvalue weighted by atomic mass is 15.2. The van der Waals surface area contributed by atoms with Gasteiger partial charge in [-0.15, -0.1) is 0 Å². The fourth-order valence-electron chi connectivity index (χ4n) is 3.89. The first-order valence-electron chi connectivity index (χ1n) is 8.84. The molecule has 112 valence electrons. The van der Waals surface area contributed by atoms with Crippen LogP contribution in [-0.2, 0) is 0 Å². The lowest BCUT2D eigenvalue weighted by atomic mass is 9.97. The summed E-state index contributed by atoms with van der Waals surface area (Å²) in [6.07, 6.45) is 17.4. The summed E-state index contributed by atoms with van der Waals surface area (Å²) in [6.45, 7) is 3.48. The quantitative estimate of drug-likeness (QED) is 0.820. The molecule has 1 unspecified atom stereocenters. The minimum atomic E-state index is 0.779. The van der Waals surface area contributed by atoms with E-state index in [1.165, 1.54) is 90.1 Å². The van der Waals surface area contributed by atoms with Crippen LogP contribution in [0.15, 0.2) is 0 Å². The van der Waals surface area contributed by atoms with Crippen molar-refractivity contribution in [3.8, 4) is 0 Å². The van der Waals surface area contributed by atoms with E-state index in [0.29, 0.717) is 0 Å². The Hall–Kier alpha value is -0.0800. The molecular weight excluding hydrogens is 232 g/mol. The van der Waals surface area contributed by atoms with E-state index in [1.54, 1.807) is 0 Å². The third-order valence-electron chi connectivity index (χ3n) is 5.24. The number of nitrogens with two attached hydrogens (primary N) is 1. The van der Waals surface area contributed by atoms with E-state index in [4.69, 9.17) is 5.73 Å². The van der Waals surface area contributed by atoms with Crippen LogP contribution in [0.25, 0.3) is 0 Å². The average molecular weight is 266 g/mol. The van der Waals surface area contributed by atoms with Gasteiger partial charge in [-0.2, -0.15) is 0 Å². The Balaban J connectivity index is 1.78. The van der Waals surface area contributed by atoms with Crippen LogP contribution < -0.4 is 5.73 Å². The molecule has 1 aliphatic carbocycles. The first kappa shape index (κ1) is 15.3. The fraction of sp³-hybridized carbons (Fsp3) is 1.00. The Kier molecular flexibility index (Phi) is 7.23. The van der Waals surface area contributed by atoms with Crippen molar-refractivity contribution in [2.24, 2.45) is 11.7 Å². The van der Waals surface area contributed by atoms with Gasteiger partial charge in [-0.1, -0.05) is 57.8 Å². The molecule has 1 saturated heterocycles. The molecular formula is C17H34N2. The zero-order valence-corrected chi connectivity index (χ0v) is 12.8. The molecule has 1 atom stereocenters. The maximum atomic E-state index is 5.84. The van der Waals surface area contributed by atoms with Crippen molar-refractivity contribution in [3.63, 3.8) is 0 Å². The molecule has 2 fully saturated rings. The zero-order valence-electron chi connectivity index (χ0n) is 12.8. The van der Waals surface area contributed by atoms with Gasteiger partial charge in [0, 0.05) is 12.6 Å². The van der Waals surface area contributed by atoms with Gasteiger partial charge in [0.2, 0.25) is 0 Å². The van der Waals surface area contributed by atoms with Crippen LogP contribution in [0, 0.1) is 5.92 Å². The molecule has 0 amide bonds. The maximum Gasteiger partial charge on any atom is 0.00953 e. The molecule has 19 heavy (non-hydrogen) atoms. The second kappa shape index (κ2) is 8.97. The normalized spacial score (nSPS) is 29.8. The molecule has 2 heteroatoms. The molecule has 2 rings (SSSR count). The minimum Gasteiger partial charge on any atom is -0.330 e. The first-order chi connectivity index (χ1) is 9.40. The van der Waals surface area contributed by atoms with Crippen LogP contribution in [-0.4, -0.2) is 30.6 Å². The van der Waals surface area contributed by atoms with Crippen LogP contribution in [0.1, 0.15) is 77.0 Å². The van der Waals surface area contributed by atoms with Crippen molar-refractivity contribution < 1.29 is 0 Å². The Morgan fingerprint density at radius 1 is 0.737 bits per heavy atom. The van der Waals surface area contributed by atoms with Gasteiger partial charge in [0.15, 0.2) is 0 Å². The van der Waals surface area contributed by atoms with E-state index in [-0.39, 0.29) is 0 Å². The SMILES string of the molecule is NCC1CCN(C2CCCCCCCCCCC2)C1. The lowest BCUT2D eigenvalue weighted by Crippen LogP contribution is -2.34. The Morgan fingerprint density at radius 3 is 1.74 bits per heavy atom. The summed E-state index contributed by atoms with van der Waals surface area (Å²) in [5, 5.41) is 0. The number of likely N-dealkylation sites (tertiary alicyclic amines) is 1. The summed E-state index contributed by atoms with van der Waals surface area (Å²) >= 11 is 0. The molecule has 2 nitrogen and oxygen atoms in total. The van der Waals surface area contributed by atoms with E-state index in [1.807, 2.05) is 0 Å². The molecule has 1 aliphatic heterocycles. The van der Waals surface area contributed by atoms with Gasteiger partial charge in [-0.05, 0) is 38.3 Å². The van der Waals surface area contributed by atoms with E-state index in [9.17, 15) is 0 Å². The van der Waals surface area contributed by atoms with Gasteiger partial charge in [-0.25, -0.2) is 0 Å². The predicted octanol–water partition coefficient (Wildman–Crippen LogP) is 3.94. The molecule has 0 spiro atoms. The van der Waals surface area contributed by atoms with Crippen molar-refractivity contribution in [2.45, 2.75) is 83.1 Å². The van der Waals surface area contributed by atoms with Crippen LogP contribution >= 0.6 is 0 Å². The summed E-state index contributed by atoms with van der Waals surface area (Å²) in [7, 11) is 0. The number of hydrogen-bond acceptors (Lipinski definition) is 2. The second-order valence-corrected chi connectivity index (χ2v) is 6.80. The van der Waals surface area contributed by atoms with Crippen molar-refractivity contribution in [1.82, 2.24) is 4.90 Å². The van der Waals surface area contributed by atoms with Gasteiger partial charge in [-0.3, -0.25) is 0 Å². The van der Waals surface area contributed by atoms with Crippen LogP contribution in [0.2, 0.25) is 0 Å². The summed E-state index contributed by atoms with van der Waals surface area (Å²) in [6, 6.07) is 0.871. The van der Waals surface area contributed by atoms with E-state index in [0.717, 1.165) is 18.5 Å². The van der Waals surface area contributed by atoms with Crippen LogP contribution in [0.4, 0.5) is 0 Å². The van der Waals surface area contributed by atoms with Gasteiger partial charge >= 0.3 is 0 Å². The third-order valence-corrected chi connectivity index (χ3v) is 5.24. The summed E-state index contributed by atoms with van der Waals surface area (Å²) < 4.78 is 0. The van der Waals surface area contributed by atoms with Gasteiger partial charge < -0.3 is 10.6 Å². The van der Waals surface area contributed by atoms with E-state index in [2.05, 4.69) is 4.90 Å². The zero-order chi connectivity index (χ0) is 13.3. The lowest BCUT2D eigenvalue weighted by Gasteiger charge is -2.28. The Bertz CT molecular complexity index is 217. The molecule has 0 aromatic heterocycles. The van der Waals surface area contributed by atoms with Crippen molar-refractivity contribution >= 4 is 0 Å². The third kappa shape index (κ3) is 5.43. The topological polar surface area (TPSA) is 29.3 Å². The molecule has 2 N–H and O–H groups in total. The van der Waals surface area contributed by atoms with Gasteiger partial charge in [0.1, 0.15) is 0 Å². The standard InChI is InChI=1S/C17H34N2/c18-14-16-12-13-19(15-16)17-10-8-6-4-2-1-3-5-7-9-11-17/h16-17H,1-15,18H2. The summed E-state index contributed by atoms with van der Waals surface area (Å²) in [4.78, 5) is 2.77. The molecule has 0 aromatic carbocycles. The second-order valence-electron chi connectivity index (χ2n) is 6.80. The minimum absolute atomic E-state index is 0.779. The summed E-state index contributed by atoms with van der Waals surface area (Å²) in [5.41, 5.74) is 5.84. The maximum absolute atomic E-state index is 5.84. The van der Waals surface area contributed by atoms with Crippen molar-refractivity contribution in [3.05, 3.63) is 0 Å². The largest absolute Gasteiger partial charge is 0.330 e. The molecule has 1 heterocycles. The highest BCUT2D eigenvalue weighted by molar-refractivity contribution is 4.82. The highest BCUT2D eigenvalue weighted by Gasteiger charge is 2.26. The van der Waals surface area contributed by atoms with Crippen LogP contribution in [0.5, 0.6) is 0 Å². The van der Waals surface area contributed by atoms with Gasteiger partial charge in [0.05, 0.1) is 0 Å². The average Bonchev–Trinajstić information content (AvgIpc) is 2.88. The van der Waals surface area contributed by atoms with Crippen molar-refractivity contribution in [1.29, 1.82) is 0 Å². The summed E-state index contributed by atoms with van der Waals surface area (Å²) in [5.74, 6) is 0.779. The first-order valence-corrected chi connectivity index (χ1v) is 8.84. The highest BCUT2D eigenvalue weighted by Crippen LogP contribution is 2.25. The molecule has 0 radical (unpaired) electrons. The number of rotatable bonds is 2. The molecule has 0 bridgehead atoms. The number of hydrogen-bond donors (Lipinski definition) is 1.